The normalized spacial score (nSPS) is 23.6. The molecule has 27 heavy (non-hydrogen) atoms. The number of hydrogen-bond acceptors (Lipinski definition) is 3. The van der Waals surface area contributed by atoms with E-state index >= 15 is 0 Å². The van der Waals surface area contributed by atoms with Gasteiger partial charge in [-0.05, 0) is 62.1 Å². The number of amides is 2. The molecule has 5 nitrogen and oxygen atoms in total. The molecule has 2 amide bonds. The quantitative estimate of drug-likeness (QED) is 0.839. The minimum Gasteiger partial charge on any atom is -0.342 e. The number of carbonyl (C=O) groups excluding carboxylic acids is 2. The van der Waals surface area contributed by atoms with Crippen LogP contribution in [0.15, 0.2) is 24.3 Å². The van der Waals surface area contributed by atoms with Gasteiger partial charge in [0.1, 0.15) is 0 Å². The van der Waals surface area contributed by atoms with Crippen LogP contribution in [-0.4, -0.2) is 53.8 Å². The second-order valence-electron chi connectivity index (χ2n) is 8.38. The highest BCUT2D eigenvalue weighted by atomic mass is 16.2. The number of benzene rings is 1. The van der Waals surface area contributed by atoms with Gasteiger partial charge in [-0.3, -0.25) is 9.59 Å². The molecule has 2 aliphatic heterocycles. The Bertz CT molecular complexity index is 663. The summed E-state index contributed by atoms with van der Waals surface area (Å²) in [4.78, 5) is 28.7. The number of likely N-dealkylation sites (tertiary alicyclic amines) is 2. The van der Waals surface area contributed by atoms with Gasteiger partial charge in [0.25, 0.3) is 5.91 Å². The zero-order valence-corrected chi connectivity index (χ0v) is 16.2. The van der Waals surface area contributed by atoms with Crippen molar-refractivity contribution < 1.29 is 9.59 Å². The second-order valence-corrected chi connectivity index (χ2v) is 8.38. The molecule has 0 radical (unpaired) electrons. The summed E-state index contributed by atoms with van der Waals surface area (Å²) < 4.78 is 0. The zero-order chi connectivity index (χ0) is 18.6. The molecule has 1 saturated carbocycles. The monoisotopic (exact) mass is 369 g/mol. The summed E-state index contributed by atoms with van der Waals surface area (Å²) in [6, 6.07) is 8.40. The first-order chi connectivity index (χ1) is 13.2. The Morgan fingerprint density at radius 1 is 1.00 bits per heavy atom. The fraction of sp³-hybridized carbons (Fsp3) is 0.636. The van der Waals surface area contributed by atoms with Gasteiger partial charge in [0.2, 0.25) is 5.91 Å². The highest BCUT2D eigenvalue weighted by Crippen LogP contribution is 2.30. The van der Waals surface area contributed by atoms with Gasteiger partial charge in [0.05, 0.1) is 0 Å². The summed E-state index contributed by atoms with van der Waals surface area (Å²) in [6.07, 6.45) is 7.44. The predicted octanol–water partition coefficient (Wildman–Crippen LogP) is 2.80. The highest BCUT2D eigenvalue weighted by molar-refractivity contribution is 5.94. The molecule has 2 heterocycles. The van der Waals surface area contributed by atoms with Gasteiger partial charge in [-0.1, -0.05) is 12.1 Å². The van der Waals surface area contributed by atoms with E-state index in [0.717, 1.165) is 69.9 Å². The topological polar surface area (TPSA) is 52.7 Å². The Kier molecular flexibility index (Phi) is 5.77. The van der Waals surface area contributed by atoms with E-state index in [4.69, 9.17) is 0 Å². The van der Waals surface area contributed by atoms with Gasteiger partial charge in [0.15, 0.2) is 0 Å². The summed E-state index contributed by atoms with van der Waals surface area (Å²) >= 11 is 0. The molecule has 0 unspecified atom stereocenters. The van der Waals surface area contributed by atoms with Crippen LogP contribution in [-0.2, 0) is 11.3 Å². The van der Waals surface area contributed by atoms with Crippen molar-refractivity contribution in [1.82, 2.24) is 15.1 Å². The maximum Gasteiger partial charge on any atom is 0.253 e. The van der Waals surface area contributed by atoms with Crippen LogP contribution in [0.4, 0.5) is 0 Å². The molecule has 5 heteroatoms. The van der Waals surface area contributed by atoms with Crippen molar-refractivity contribution >= 4 is 11.8 Å². The van der Waals surface area contributed by atoms with Crippen molar-refractivity contribution in [3.63, 3.8) is 0 Å². The summed E-state index contributed by atoms with van der Waals surface area (Å²) in [5, 5.41) is 3.62. The van der Waals surface area contributed by atoms with E-state index in [1.807, 2.05) is 17.0 Å². The van der Waals surface area contributed by atoms with Crippen molar-refractivity contribution in [2.75, 3.05) is 26.2 Å². The SMILES string of the molecule is O=C1CC[C@@H](NCc2ccc(C(=O)N3CCCC3)cc2)CCN1CC1CC1. The molecule has 1 N–H and O–H groups in total. The Labute approximate surface area is 162 Å². The Morgan fingerprint density at radius 3 is 2.44 bits per heavy atom. The Balaban J connectivity index is 1.25. The van der Waals surface area contributed by atoms with E-state index in [2.05, 4.69) is 22.3 Å². The van der Waals surface area contributed by atoms with Crippen molar-refractivity contribution in [2.45, 2.75) is 57.5 Å². The van der Waals surface area contributed by atoms with Crippen LogP contribution < -0.4 is 5.32 Å². The lowest BCUT2D eigenvalue weighted by atomic mass is 10.1. The van der Waals surface area contributed by atoms with Crippen LogP contribution >= 0.6 is 0 Å². The van der Waals surface area contributed by atoms with E-state index in [9.17, 15) is 9.59 Å². The van der Waals surface area contributed by atoms with E-state index in [1.165, 1.54) is 18.4 Å². The molecule has 2 saturated heterocycles. The second kappa shape index (κ2) is 8.42. The maximum atomic E-state index is 12.4. The molecule has 0 spiro atoms. The van der Waals surface area contributed by atoms with Crippen molar-refractivity contribution in [3.05, 3.63) is 35.4 Å². The summed E-state index contributed by atoms with van der Waals surface area (Å²) in [6.45, 7) is 4.43. The molecule has 1 aromatic carbocycles. The van der Waals surface area contributed by atoms with Gasteiger partial charge in [-0.2, -0.15) is 0 Å². The van der Waals surface area contributed by atoms with Crippen molar-refractivity contribution in [3.8, 4) is 0 Å². The fourth-order valence-corrected chi connectivity index (χ4v) is 4.18. The number of hydrogen-bond donors (Lipinski definition) is 1. The first-order valence-corrected chi connectivity index (χ1v) is 10.6. The van der Waals surface area contributed by atoms with E-state index < -0.39 is 0 Å². The molecule has 1 aliphatic carbocycles. The lowest BCUT2D eigenvalue weighted by Gasteiger charge is -2.21. The van der Waals surface area contributed by atoms with Crippen LogP contribution in [0.25, 0.3) is 0 Å². The minimum atomic E-state index is 0.157. The fourth-order valence-electron chi connectivity index (χ4n) is 4.18. The van der Waals surface area contributed by atoms with Crippen LogP contribution in [0.5, 0.6) is 0 Å². The molecule has 0 aromatic heterocycles. The minimum absolute atomic E-state index is 0.157. The van der Waals surface area contributed by atoms with Crippen LogP contribution in [0.2, 0.25) is 0 Å². The number of rotatable bonds is 6. The average Bonchev–Trinajstić information content (AvgIpc) is 3.38. The number of carbonyl (C=O) groups is 2. The van der Waals surface area contributed by atoms with Gasteiger partial charge >= 0.3 is 0 Å². The van der Waals surface area contributed by atoms with Crippen LogP contribution in [0, 0.1) is 5.92 Å². The van der Waals surface area contributed by atoms with Gasteiger partial charge < -0.3 is 15.1 Å². The zero-order valence-electron chi connectivity index (χ0n) is 16.2. The summed E-state index contributed by atoms with van der Waals surface area (Å²) in [5.74, 6) is 1.25. The molecular weight excluding hydrogens is 338 g/mol. The van der Waals surface area contributed by atoms with Crippen molar-refractivity contribution in [2.24, 2.45) is 5.92 Å². The Morgan fingerprint density at radius 2 is 1.74 bits per heavy atom. The molecule has 1 atom stereocenters. The van der Waals surface area contributed by atoms with Gasteiger partial charge in [-0.25, -0.2) is 0 Å². The van der Waals surface area contributed by atoms with Gasteiger partial charge in [-0.15, -0.1) is 0 Å². The highest BCUT2D eigenvalue weighted by Gasteiger charge is 2.29. The lowest BCUT2D eigenvalue weighted by Crippen LogP contribution is -2.33. The number of nitrogens with one attached hydrogen (secondary N) is 1. The molecule has 0 bridgehead atoms. The third-order valence-electron chi connectivity index (χ3n) is 6.17. The molecule has 4 rings (SSSR count). The lowest BCUT2D eigenvalue weighted by molar-refractivity contribution is -0.130. The molecular formula is C22H31N3O2. The van der Waals surface area contributed by atoms with E-state index in [-0.39, 0.29) is 5.91 Å². The smallest absolute Gasteiger partial charge is 0.253 e. The predicted molar refractivity (Wildman–Crippen MR) is 105 cm³/mol. The Hall–Kier alpha value is -1.88. The summed E-state index contributed by atoms with van der Waals surface area (Å²) in [7, 11) is 0. The molecule has 146 valence electrons. The average molecular weight is 370 g/mol. The third kappa shape index (κ3) is 4.89. The van der Waals surface area contributed by atoms with Crippen molar-refractivity contribution in [1.29, 1.82) is 0 Å². The van der Waals surface area contributed by atoms with E-state index in [1.54, 1.807) is 0 Å². The standard InChI is InChI=1S/C22H31N3O2/c26-21-10-9-20(11-14-25(21)16-18-3-4-18)23-15-17-5-7-19(8-6-17)22(27)24-12-1-2-13-24/h5-8,18,20,23H,1-4,9-16H2/t20-/m1/s1. The van der Waals surface area contributed by atoms with Crippen LogP contribution in [0.1, 0.15) is 60.9 Å². The molecule has 1 aromatic rings. The third-order valence-corrected chi connectivity index (χ3v) is 6.17. The van der Waals surface area contributed by atoms with Gasteiger partial charge in [0, 0.05) is 50.7 Å². The maximum absolute atomic E-state index is 12.4. The van der Waals surface area contributed by atoms with E-state index in [0.29, 0.717) is 18.4 Å². The first kappa shape index (κ1) is 18.5. The molecule has 3 aliphatic rings. The number of nitrogens with zero attached hydrogens (tertiary/aromatic N) is 2. The molecule has 3 fully saturated rings. The first-order valence-electron chi connectivity index (χ1n) is 10.6. The van der Waals surface area contributed by atoms with Crippen LogP contribution in [0.3, 0.4) is 0 Å². The summed E-state index contributed by atoms with van der Waals surface area (Å²) in [5.41, 5.74) is 1.98. The largest absolute Gasteiger partial charge is 0.342 e.